The zero-order chi connectivity index (χ0) is 14.6. The molecule has 0 radical (unpaired) electrons. The van der Waals surface area contributed by atoms with Crippen LogP contribution in [0.1, 0.15) is 26.3 Å². The molecule has 104 valence electrons. The summed E-state index contributed by atoms with van der Waals surface area (Å²) in [5, 5.41) is 15.3. The summed E-state index contributed by atoms with van der Waals surface area (Å²) in [7, 11) is 0. The Morgan fingerprint density at radius 1 is 1.32 bits per heavy atom. The molecular weight excluding hydrogens is 247 g/mol. The summed E-state index contributed by atoms with van der Waals surface area (Å²) in [4.78, 5) is 11.5. The summed E-state index contributed by atoms with van der Waals surface area (Å²) in [6.45, 7) is 7.28. The molecular formula is C13H19FN4O. The van der Waals surface area contributed by atoms with E-state index >= 15 is 0 Å². The molecule has 19 heavy (non-hydrogen) atoms. The van der Waals surface area contributed by atoms with E-state index in [4.69, 9.17) is 5.41 Å². The van der Waals surface area contributed by atoms with Gasteiger partial charge < -0.3 is 10.6 Å². The van der Waals surface area contributed by atoms with E-state index in [2.05, 4.69) is 16.0 Å². The van der Waals surface area contributed by atoms with Crippen molar-refractivity contribution in [1.29, 1.82) is 5.41 Å². The molecule has 0 saturated carbocycles. The minimum atomic E-state index is -0.487. The minimum Gasteiger partial charge on any atom is -0.333 e. The van der Waals surface area contributed by atoms with Crippen LogP contribution in [-0.2, 0) is 0 Å². The lowest BCUT2D eigenvalue weighted by molar-refractivity contribution is 0.236. The number of rotatable bonds is 1. The first-order valence-electron chi connectivity index (χ1n) is 5.88. The van der Waals surface area contributed by atoms with E-state index in [1.165, 1.54) is 12.1 Å². The first kappa shape index (κ1) is 14.9. The summed E-state index contributed by atoms with van der Waals surface area (Å²) >= 11 is 0. The second-order valence-electron chi connectivity index (χ2n) is 5.29. The number of halogens is 1. The third-order valence-electron chi connectivity index (χ3n) is 2.19. The standard InChI is InChI=1S/C13H19FN4O/c1-8-5-6-9(14)7-10(8)16-11(15)17-12(19)18-13(2,3)4/h5-7H,1-4H3,(H4,15,16,17,18,19). The van der Waals surface area contributed by atoms with Gasteiger partial charge in [-0.3, -0.25) is 10.7 Å². The number of carbonyl (C=O) groups is 1. The van der Waals surface area contributed by atoms with E-state index in [-0.39, 0.29) is 11.5 Å². The third kappa shape index (κ3) is 5.37. The van der Waals surface area contributed by atoms with Crippen molar-refractivity contribution >= 4 is 17.7 Å². The fourth-order valence-electron chi connectivity index (χ4n) is 1.38. The minimum absolute atomic E-state index is 0.213. The van der Waals surface area contributed by atoms with Crippen LogP contribution in [0.25, 0.3) is 0 Å². The molecule has 1 aromatic rings. The van der Waals surface area contributed by atoms with Crippen LogP contribution >= 0.6 is 0 Å². The van der Waals surface area contributed by atoms with Gasteiger partial charge in [0.25, 0.3) is 0 Å². The average Bonchev–Trinajstić information content (AvgIpc) is 2.20. The number of benzene rings is 1. The highest BCUT2D eigenvalue weighted by atomic mass is 19.1. The molecule has 0 aliphatic carbocycles. The van der Waals surface area contributed by atoms with Crippen molar-refractivity contribution in [2.45, 2.75) is 33.2 Å². The number of nitrogens with one attached hydrogen (secondary N) is 4. The zero-order valence-corrected chi connectivity index (χ0v) is 11.5. The normalized spacial score (nSPS) is 10.8. The van der Waals surface area contributed by atoms with Gasteiger partial charge in [0.1, 0.15) is 5.82 Å². The lowest BCUT2D eigenvalue weighted by atomic mass is 10.1. The number of amides is 2. The smallest absolute Gasteiger partial charge is 0.321 e. The first-order chi connectivity index (χ1) is 8.67. The molecule has 0 aliphatic heterocycles. The van der Waals surface area contributed by atoms with Crippen molar-refractivity contribution in [3.8, 4) is 0 Å². The number of urea groups is 1. The molecule has 0 fully saturated rings. The highest BCUT2D eigenvalue weighted by Gasteiger charge is 2.14. The predicted octanol–water partition coefficient (Wildman–Crippen LogP) is 2.58. The van der Waals surface area contributed by atoms with Crippen LogP contribution in [0.2, 0.25) is 0 Å². The van der Waals surface area contributed by atoms with Gasteiger partial charge in [-0.1, -0.05) is 6.07 Å². The molecule has 6 heteroatoms. The molecule has 5 nitrogen and oxygen atoms in total. The van der Waals surface area contributed by atoms with Crippen molar-refractivity contribution in [1.82, 2.24) is 10.6 Å². The Balaban J connectivity index is 2.61. The van der Waals surface area contributed by atoms with Gasteiger partial charge in [-0.2, -0.15) is 0 Å². The van der Waals surface area contributed by atoms with Gasteiger partial charge in [-0.25, -0.2) is 9.18 Å². The SMILES string of the molecule is Cc1ccc(F)cc1NC(=N)NC(=O)NC(C)(C)C. The monoisotopic (exact) mass is 266 g/mol. The van der Waals surface area contributed by atoms with E-state index in [0.717, 1.165) is 5.56 Å². The molecule has 0 saturated heterocycles. The summed E-state index contributed by atoms with van der Waals surface area (Å²) in [6, 6.07) is 3.72. The van der Waals surface area contributed by atoms with Crippen LogP contribution in [0.5, 0.6) is 0 Å². The molecule has 2 amide bonds. The van der Waals surface area contributed by atoms with E-state index < -0.39 is 11.8 Å². The van der Waals surface area contributed by atoms with Crippen molar-refractivity contribution in [2.24, 2.45) is 0 Å². The maximum Gasteiger partial charge on any atom is 0.321 e. The van der Waals surface area contributed by atoms with Crippen molar-refractivity contribution in [2.75, 3.05) is 5.32 Å². The number of carbonyl (C=O) groups excluding carboxylic acids is 1. The summed E-state index contributed by atoms with van der Waals surface area (Å²) in [5.41, 5.74) is 0.837. The Bertz CT molecular complexity index is 494. The first-order valence-corrected chi connectivity index (χ1v) is 5.88. The summed E-state index contributed by atoms with van der Waals surface area (Å²) < 4.78 is 13.1. The van der Waals surface area contributed by atoms with E-state index in [9.17, 15) is 9.18 Å². The van der Waals surface area contributed by atoms with Gasteiger partial charge in [0.2, 0.25) is 5.96 Å². The molecule has 1 aromatic carbocycles. The highest BCUT2D eigenvalue weighted by molar-refractivity contribution is 6.02. The van der Waals surface area contributed by atoms with Crippen molar-refractivity contribution in [3.63, 3.8) is 0 Å². The lowest BCUT2D eigenvalue weighted by Crippen LogP contribution is -2.49. The maximum atomic E-state index is 13.1. The topological polar surface area (TPSA) is 77.0 Å². The Labute approximate surface area is 112 Å². The molecule has 0 aliphatic rings. The molecule has 0 aromatic heterocycles. The highest BCUT2D eigenvalue weighted by Crippen LogP contribution is 2.15. The second-order valence-corrected chi connectivity index (χ2v) is 5.29. The largest absolute Gasteiger partial charge is 0.333 e. The number of anilines is 1. The average molecular weight is 266 g/mol. The Morgan fingerprint density at radius 3 is 2.53 bits per heavy atom. The van der Waals surface area contributed by atoms with Gasteiger partial charge in [-0.05, 0) is 45.4 Å². The molecule has 0 atom stereocenters. The van der Waals surface area contributed by atoms with Crippen LogP contribution in [0.15, 0.2) is 18.2 Å². The van der Waals surface area contributed by atoms with Crippen LogP contribution in [0.4, 0.5) is 14.9 Å². The summed E-state index contributed by atoms with van der Waals surface area (Å²) in [6.07, 6.45) is 0. The lowest BCUT2D eigenvalue weighted by Gasteiger charge is -2.21. The van der Waals surface area contributed by atoms with Crippen molar-refractivity contribution < 1.29 is 9.18 Å². The van der Waals surface area contributed by atoms with Gasteiger partial charge in [0.05, 0.1) is 0 Å². The molecule has 0 bridgehead atoms. The fraction of sp³-hybridized carbons (Fsp3) is 0.385. The number of hydrogen-bond acceptors (Lipinski definition) is 2. The Hall–Kier alpha value is -2.11. The van der Waals surface area contributed by atoms with Crippen LogP contribution in [0, 0.1) is 18.2 Å². The van der Waals surface area contributed by atoms with E-state index in [0.29, 0.717) is 5.69 Å². The van der Waals surface area contributed by atoms with Crippen LogP contribution in [-0.4, -0.2) is 17.5 Å². The molecule has 1 rings (SSSR count). The van der Waals surface area contributed by atoms with E-state index in [1.807, 2.05) is 20.8 Å². The van der Waals surface area contributed by atoms with Gasteiger partial charge in [0, 0.05) is 11.2 Å². The fourth-order valence-corrected chi connectivity index (χ4v) is 1.38. The number of aryl methyl sites for hydroxylation is 1. The summed E-state index contributed by atoms with van der Waals surface area (Å²) in [5.74, 6) is -0.615. The third-order valence-corrected chi connectivity index (χ3v) is 2.19. The van der Waals surface area contributed by atoms with E-state index in [1.54, 1.807) is 13.0 Å². The quantitative estimate of drug-likeness (QED) is 0.466. The van der Waals surface area contributed by atoms with Crippen LogP contribution < -0.4 is 16.0 Å². The molecule has 4 N–H and O–H groups in total. The Morgan fingerprint density at radius 2 is 1.95 bits per heavy atom. The molecule has 0 unspecified atom stereocenters. The number of hydrogen-bond donors (Lipinski definition) is 4. The van der Waals surface area contributed by atoms with Gasteiger partial charge in [-0.15, -0.1) is 0 Å². The van der Waals surface area contributed by atoms with Crippen LogP contribution in [0.3, 0.4) is 0 Å². The Kier molecular flexibility index (Phi) is 4.47. The van der Waals surface area contributed by atoms with Gasteiger partial charge >= 0.3 is 6.03 Å². The predicted molar refractivity (Wildman–Crippen MR) is 73.9 cm³/mol. The van der Waals surface area contributed by atoms with Gasteiger partial charge in [0.15, 0.2) is 0 Å². The second kappa shape index (κ2) is 5.69. The zero-order valence-electron chi connectivity index (χ0n) is 11.5. The number of guanidine groups is 1. The molecule has 0 heterocycles. The van der Waals surface area contributed by atoms with Crippen molar-refractivity contribution in [3.05, 3.63) is 29.6 Å². The maximum absolute atomic E-state index is 13.1. The molecule has 0 spiro atoms.